The Bertz CT molecular complexity index is 109. The van der Waals surface area contributed by atoms with Gasteiger partial charge in [-0.1, -0.05) is 6.08 Å². The molecule has 0 N–H and O–H groups in total. The standard InChI is InChI=1S/C5H6F2O/c6-5(7)3-1-2-4-8-5/h1,3H,2,4H2. The van der Waals surface area contributed by atoms with E-state index in [2.05, 4.69) is 4.74 Å². The highest BCUT2D eigenvalue weighted by molar-refractivity contribution is 4.92. The maximum Gasteiger partial charge on any atom is 0.376 e. The van der Waals surface area contributed by atoms with Crippen LogP contribution in [0.3, 0.4) is 0 Å². The van der Waals surface area contributed by atoms with E-state index in [1.165, 1.54) is 6.08 Å². The zero-order valence-corrected chi connectivity index (χ0v) is 4.23. The van der Waals surface area contributed by atoms with Crippen molar-refractivity contribution >= 4 is 0 Å². The molecule has 1 rings (SSSR count). The van der Waals surface area contributed by atoms with Crippen molar-refractivity contribution in [3.05, 3.63) is 12.2 Å². The van der Waals surface area contributed by atoms with Gasteiger partial charge in [-0.05, 0) is 6.42 Å². The van der Waals surface area contributed by atoms with Gasteiger partial charge in [-0.3, -0.25) is 0 Å². The summed E-state index contributed by atoms with van der Waals surface area (Å²) in [5, 5.41) is 0. The molecule has 0 amide bonds. The topological polar surface area (TPSA) is 9.23 Å². The third kappa shape index (κ3) is 1.26. The Balaban J connectivity index is 2.56. The lowest BCUT2D eigenvalue weighted by molar-refractivity contribution is -0.204. The summed E-state index contributed by atoms with van der Waals surface area (Å²) in [4.78, 5) is 0. The van der Waals surface area contributed by atoms with Gasteiger partial charge in [0.05, 0.1) is 6.61 Å². The highest BCUT2D eigenvalue weighted by Gasteiger charge is 2.27. The van der Waals surface area contributed by atoms with Crippen LogP contribution in [0.4, 0.5) is 8.78 Å². The van der Waals surface area contributed by atoms with Gasteiger partial charge in [0.2, 0.25) is 0 Å². The van der Waals surface area contributed by atoms with Crippen LogP contribution in [0.15, 0.2) is 12.2 Å². The lowest BCUT2D eigenvalue weighted by Gasteiger charge is -2.15. The van der Waals surface area contributed by atoms with Crippen LogP contribution in [0.2, 0.25) is 0 Å². The van der Waals surface area contributed by atoms with Crippen LogP contribution in [0.25, 0.3) is 0 Å². The van der Waals surface area contributed by atoms with E-state index < -0.39 is 6.11 Å². The van der Waals surface area contributed by atoms with Crippen LogP contribution in [0, 0.1) is 0 Å². The Morgan fingerprint density at radius 1 is 1.50 bits per heavy atom. The number of hydrogen-bond donors (Lipinski definition) is 0. The third-order valence-corrected chi connectivity index (χ3v) is 0.891. The average molecular weight is 120 g/mol. The lowest BCUT2D eigenvalue weighted by Crippen LogP contribution is -2.20. The predicted molar refractivity (Wildman–Crippen MR) is 24.7 cm³/mol. The quantitative estimate of drug-likeness (QED) is 0.441. The van der Waals surface area contributed by atoms with Crippen molar-refractivity contribution in [1.82, 2.24) is 0 Å². The average Bonchev–Trinajstić information content (AvgIpc) is 1.65. The van der Waals surface area contributed by atoms with Crippen LogP contribution in [-0.4, -0.2) is 12.7 Å². The number of halogens is 2. The molecule has 0 aromatic rings. The maximum absolute atomic E-state index is 11.9. The van der Waals surface area contributed by atoms with Gasteiger partial charge in [-0.15, -0.1) is 0 Å². The Hall–Kier alpha value is -0.440. The van der Waals surface area contributed by atoms with E-state index in [0.717, 1.165) is 6.08 Å². The van der Waals surface area contributed by atoms with Gasteiger partial charge in [0.15, 0.2) is 0 Å². The molecule has 0 spiro atoms. The minimum absolute atomic E-state index is 0.128. The number of rotatable bonds is 0. The van der Waals surface area contributed by atoms with E-state index >= 15 is 0 Å². The summed E-state index contributed by atoms with van der Waals surface area (Å²) in [5.41, 5.74) is 0. The monoisotopic (exact) mass is 120 g/mol. The van der Waals surface area contributed by atoms with Gasteiger partial charge < -0.3 is 4.74 Å². The highest BCUT2D eigenvalue weighted by Crippen LogP contribution is 2.20. The summed E-state index contributed by atoms with van der Waals surface area (Å²) >= 11 is 0. The van der Waals surface area contributed by atoms with Crippen LogP contribution in [-0.2, 0) is 4.74 Å². The first-order valence-corrected chi connectivity index (χ1v) is 2.40. The normalized spacial score (nSPS) is 25.8. The second-order valence-electron chi connectivity index (χ2n) is 1.60. The fourth-order valence-corrected chi connectivity index (χ4v) is 0.532. The van der Waals surface area contributed by atoms with E-state index in [-0.39, 0.29) is 6.61 Å². The molecule has 0 aliphatic carbocycles. The zero-order valence-electron chi connectivity index (χ0n) is 4.23. The molecule has 1 aliphatic rings. The van der Waals surface area contributed by atoms with Gasteiger partial charge in [0.25, 0.3) is 0 Å². The molecular weight excluding hydrogens is 114 g/mol. The van der Waals surface area contributed by atoms with Gasteiger partial charge in [0.1, 0.15) is 0 Å². The van der Waals surface area contributed by atoms with Crippen molar-refractivity contribution in [2.75, 3.05) is 6.61 Å². The molecule has 1 aliphatic heterocycles. The van der Waals surface area contributed by atoms with Gasteiger partial charge in [-0.25, -0.2) is 0 Å². The van der Waals surface area contributed by atoms with Crippen molar-refractivity contribution in [3.63, 3.8) is 0 Å². The molecule has 0 atom stereocenters. The second-order valence-corrected chi connectivity index (χ2v) is 1.60. The van der Waals surface area contributed by atoms with E-state index in [1.54, 1.807) is 0 Å². The summed E-state index contributed by atoms with van der Waals surface area (Å²) in [7, 11) is 0. The van der Waals surface area contributed by atoms with E-state index in [4.69, 9.17) is 0 Å². The smallest absolute Gasteiger partial charge is 0.317 e. The second kappa shape index (κ2) is 1.82. The molecule has 1 nitrogen and oxygen atoms in total. The van der Waals surface area contributed by atoms with E-state index in [9.17, 15) is 8.78 Å². The molecule has 0 saturated carbocycles. The van der Waals surface area contributed by atoms with Crippen molar-refractivity contribution in [3.8, 4) is 0 Å². The number of alkyl halides is 2. The molecule has 3 heteroatoms. The lowest BCUT2D eigenvalue weighted by atomic mass is 10.3. The van der Waals surface area contributed by atoms with Crippen LogP contribution in [0.5, 0.6) is 0 Å². The fraction of sp³-hybridized carbons (Fsp3) is 0.600. The first kappa shape index (κ1) is 5.69. The van der Waals surface area contributed by atoms with Crippen molar-refractivity contribution in [1.29, 1.82) is 0 Å². The summed E-state index contributed by atoms with van der Waals surface area (Å²) in [6, 6.07) is 0. The van der Waals surface area contributed by atoms with Crippen LogP contribution < -0.4 is 0 Å². The fourth-order valence-electron chi connectivity index (χ4n) is 0.532. The minimum Gasteiger partial charge on any atom is -0.317 e. The first-order valence-electron chi connectivity index (χ1n) is 2.40. The van der Waals surface area contributed by atoms with Gasteiger partial charge in [0, 0.05) is 6.08 Å². The van der Waals surface area contributed by atoms with Gasteiger partial charge in [-0.2, -0.15) is 8.78 Å². The predicted octanol–water partition coefficient (Wildman–Crippen LogP) is 1.56. The number of ether oxygens (including phenoxy) is 1. The molecule has 0 unspecified atom stereocenters. The summed E-state index contributed by atoms with van der Waals surface area (Å²) in [6.07, 6.45) is -0.214. The molecule has 1 heterocycles. The van der Waals surface area contributed by atoms with Gasteiger partial charge >= 0.3 is 6.11 Å². The third-order valence-electron chi connectivity index (χ3n) is 0.891. The summed E-state index contributed by atoms with van der Waals surface area (Å²) < 4.78 is 27.8. The molecule has 0 aromatic carbocycles. The largest absolute Gasteiger partial charge is 0.376 e. The molecule has 0 fully saturated rings. The molecule has 46 valence electrons. The first-order chi connectivity index (χ1) is 3.71. The zero-order chi connectivity index (χ0) is 6.04. The Labute approximate surface area is 45.9 Å². The summed E-state index contributed by atoms with van der Waals surface area (Å²) in [6.45, 7) is 0.128. The molecule has 0 bridgehead atoms. The molecule has 0 aromatic heterocycles. The molecule has 0 saturated heterocycles. The SMILES string of the molecule is FC1(F)C=CCCO1. The van der Waals surface area contributed by atoms with Crippen molar-refractivity contribution < 1.29 is 13.5 Å². The molecule has 0 radical (unpaired) electrons. The minimum atomic E-state index is -3.00. The Morgan fingerprint density at radius 3 is 2.50 bits per heavy atom. The molecular formula is C5H6F2O. The Morgan fingerprint density at radius 2 is 2.25 bits per heavy atom. The van der Waals surface area contributed by atoms with Crippen molar-refractivity contribution in [2.45, 2.75) is 12.5 Å². The van der Waals surface area contributed by atoms with E-state index in [1.807, 2.05) is 0 Å². The molecule has 8 heavy (non-hydrogen) atoms. The summed E-state index contributed by atoms with van der Waals surface area (Å²) in [5.74, 6) is 0. The highest BCUT2D eigenvalue weighted by atomic mass is 19.3. The van der Waals surface area contributed by atoms with Crippen LogP contribution >= 0.6 is 0 Å². The Kier molecular flexibility index (Phi) is 1.29. The van der Waals surface area contributed by atoms with E-state index in [0.29, 0.717) is 6.42 Å². The van der Waals surface area contributed by atoms with Crippen molar-refractivity contribution in [2.24, 2.45) is 0 Å². The van der Waals surface area contributed by atoms with Crippen LogP contribution in [0.1, 0.15) is 6.42 Å². The maximum atomic E-state index is 11.9. The number of hydrogen-bond acceptors (Lipinski definition) is 1.